The number of aromatic nitrogens is 4. The molecule has 0 unspecified atom stereocenters. The molecule has 2 heterocycles. The van der Waals surface area contributed by atoms with Crippen LogP contribution in [0.2, 0.25) is 0 Å². The monoisotopic (exact) mass is 326 g/mol. The number of para-hydroxylation sites is 1. The summed E-state index contributed by atoms with van der Waals surface area (Å²) in [6.07, 6.45) is 3.09. The Balaban J connectivity index is 1.71. The minimum atomic E-state index is -0.483. The molecule has 2 aromatic heterocycles. The highest BCUT2D eigenvalue weighted by Gasteiger charge is 2.24. The van der Waals surface area contributed by atoms with Gasteiger partial charge in [0.1, 0.15) is 6.61 Å². The summed E-state index contributed by atoms with van der Waals surface area (Å²) in [4.78, 5) is 11.9. The van der Waals surface area contributed by atoms with Gasteiger partial charge in [0, 0.05) is 12.8 Å². The molecule has 0 saturated carbocycles. The van der Waals surface area contributed by atoms with Crippen molar-refractivity contribution in [3.05, 3.63) is 63.7 Å². The predicted octanol–water partition coefficient (Wildman–Crippen LogP) is 1.71. The summed E-state index contributed by atoms with van der Waals surface area (Å²) in [5, 5.41) is 8.90. The summed E-state index contributed by atoms with van der Waals surface area (Å²) in [6, 6.07) is 10.1. The molecule has 0 amide bonds. The smallest absolute Gasteiger partial charge is 0.390 e. The number of methoxy groups -OCH3 is 1. The van der Waals surface area contributed by atoms with Crippen LogP contribution in [0.1, 0.15) is 29.3 Å². The average Bonchev–Trinajstić information content (AvgIpc) is 3.27. The van der Waals surface area contributed by atoms with Crippen LogP contribution in [0, 0.1) is 0 Å². The number of hydrogen-bond donors (Lipinski definition) is 0. The van der Waals surface area contributed by atoms with Gasteiger partial charge in [-0.05, 0) is 37.0 Å². The first-order chi connectivity index (χ1) is 11.8. The molecule has 0 bridgehead atoms. The minimum Gasteiger partial charge on any atom is -0.390 e. The van der Waals surface area contributed by atoms with Crippen molar-refractivity contribution < 1.29 is 9.15 Å². The lowest BCUT2D eigenvalue weighted by Gasteiger charge is -2.04. The van der Waals surface area contributed by atoms with Crippen molar-refractivity contribution in [3.8, 4) is 5.69 Å². The molecule has 24 heavy (non-hydrogen) atoms. The topological polar surface area (TPSA) is 75.1 Å². The van der Waals surface area contributed by atoms with Crippen LogP contribution in [0.15, 0.2) is 39.5 Å². The fourth-order valence-electron chi connectivity index (χ4n) is 3.20. The molecule has 0 saturated heterocycles. The Morgan fingerprint density at radius 2 is 2.04 bits per heavy atom. The Labute approximate surface area is 138 Å². The summed E-state index contributed by atoms with van der Waals surface area (Å²) in [6.45, 7) is 0.493. The zero-order valence-corrected chi connectivity index (χ0v) is 13.4. The number of benzene rings is 1. The van der Waals surface area contributed by atoms with E-state index < -0.39 is 5.76 Å². The van der Waals surface area contributed by atoms with Crippen LogP contribution in [0.5, 0.6) is 0 Å². The Hall–Kier alpha value is -2.67. The van der Waals surface area contributed by atoms with Gasteiger partial charge in [-0.3, -0.25) is 0 Å². The zero-order valence-electron chi connectivity index (χ0n) is 13.4. The average molecular weight is 326 g/mol. The third-order valence-corrected chi connectivity index (χ3v) is 4.23. The van der Waals surface area contributed by atoms with E-state index in [4.69, 9.17) is 14.3 Å². The Kier molecular flexibility index (Phi) is 3.78. The molecule has 4 rings (SSSR count). The Bertz CT molecular complexity index is 908. The SMILES string of the molecule is COCc1nn(Cc2nn(-c3ccccc3)c3c2CCC3)c(=O)o1. The fourth-order valence-corrected chi connectivity index (χ4v) is 3.20. The standard InChI is InChI=1S/C17H18N4O3/c1-23-11-16-19-20(17(22)24-16)10-14-13-8-5-9-15(13)21(18-14)12-6-3-2-4-7-12/h2-4,6-7H,5,8-11H2,1H3. The molecule has 1 aliphatic rings. The van der Waals surface area contributed by atoms with E-state index in [1.54, 1.807) is 0 Å². The van der Waals surface area contributed by atoms with E-state index in [2.05, 4.69) is 5.10 Å². The highest BCUT2D eigenvalue weighted by atomic mass is 16.5. The molecule has 0 radical (unpaired) electrons. The summed E-state index contributed by atoms with van der Waals surface area (Å²) >= 11 is 0. The van der Waals surface area contributed by atoms with E-state index in [1.165, 1.54) is 23.0 Å². The van der Waals surface area contributed by atoms with Crippen molar-refractivity contribution in [1.82, 2.24) is 19.6 Å². The van der Waals surface area contributed by atoms with E-state index >= 15 is 0 Å². The largest absolute Gasteiger partial charge is 0.437 e. The lowest BCUT2D eigenvalue weighted by Crippen LogP contribution is -2.17. The second-order valence-electron chi connectivity index (χ2n) is 5.83. The summed E-state index contributed by atoms with van der Waals surface area (Å²) in [5.41, 5.74) is 4.37. The lowest BCUT2D eigenvalue weighted by molar-refractivity contribution is 0.158. The molecule has 7 nitrogen and oxygen atoms in total. The molecule has 1 aromatic carbocycles. The molecule has 0 fully saturated rings. The van der Waals surface area contributed by atoms with Crippen LogP contribution < -0.4 is 5.76 Å². The maximum absolute atomic E-state index is 11.9. The molecule has 3 aromatic rings. The maximum Gasteiger partial charge on any atom is 0.437 e. The molecule has 0 aliphatic heterocycles. The molecular weight excluding hydrogens is 308 g/mol. The van der Waals surface area contributed by atoms with Gasteiger partial charge in [-0.25, -0.2) is 9.48 Å². The van der Waals surface area contributed by atoms with Crippen molar-refractivity contribution in [1.29, 1.82) is 0 Å². The van der Waals surface area contributed by atoms with Gasteiger partial charge in [0.05, 0.1) is 17.9 Å². The third-order valence-electron chi connectivity index (χ3n) is 4.23. The van der Waals surface area contributed by atoms with Crippen molar-refractivity contribution in [2.75, 3.05) is 7.11 Å². The maximum atomic E-state index is 11.9. The van der Waals surface area contributed by atoms with Crippen LogP contribution in [0.25, 0.3) is 5.69 Å². The number of ether oxygens (including phenoxy) is 1. The predicted molar refractivity (Wildman–Crippen MR) is 86.2 cm³/mol. The Morgan fingerprint density at radius 1 is 1.21 bits per heavy atom. The number of hydrogen-bond acceptors (Lipinski definition) is 5. The van der Waals surface area contributed by atoms with Crippen LogP contribution in [-0.2, 0) is 30.7 Å². The first-order valence-corrected chi connectivity index (χ1v) is 7.97. The van der Waals surface area contributed by atoms with E-state index in [9.17, 15) is 4.79 Å². The van der Waals surface area contributed by atoms with E-state index in [-0.39, 0.29) is 12.5 Å². The summed E-state index contributed by atoms with van der Waals surface area (Å²) in [7, 11) is 1.54. The highest BCUT2D eigenvalue weighted by molar-refractivity contribution is 5.39. The second kappa shape index (κ2) is 6.09. The van der Waals surface area contributed by atoms with Crippen molar-refractivity contribution in [2.45, 2.75) is 32.4 Å². The first-order valence-electron chi connectivity index (χ1n) is 7.97. The van der Waals surface area contributed by atoms with Gasteiger partial charge < -0.3 is 9.15 Å². The summed E-state index contributed by atoms with van der Waals surface area (Å²) in [5.74, 6) is -0.204. The van der Waals surface area contributed by atoms with Gasteiger partial charge in [-0.15, -0.1) is 5.10 Å². The van der Waals surface area contributed by atoms with Crippen molar-refractivity contribution in [3.63, 3.8) is 0 Å². The fraction of sp³-hybridized carbons (Fsp3) is 0.353. The van der Waals surface area contributed by atoms with Crippen LogP contribution in [0.4, 0.5) is 0 Å². The van der Waals surface area contributed by atoms with Gasteiger partial charge in [0.15, 0.2) is 0 Å². The number of fused-ring (bicyclic) bond motifs is 1. The lowest BCUT2D eigenvalue weighted by atomic mass is 10.2. The second-order valence-corrected chi connectivity index (χ2v) is 5.83. The van der Waals surface area contributed by atoms with Gasteiger partial charge in [-0.2, -0.15) is 9.78 Å². The first kappa shape index (κ1) is 14.9. The highest BCUT2D eigenvalue weighted by Crippen LogP contribution is 2.28. The van der Waals surface area contributed by atoms with E-state index in [0.717, 1.165) is 30.6 Å². The van der Waals surface area contributed by atoms with Gasteiger partial charge in [0.2, 0.25) is 5.89 Å². The third kappa shape index (κ3) is 2.56. The number of rotatable bonds is 5. The van der Waals surface area contributed by atoms with E-state index in [1.807, 2.05) is 35.0 Å². The minimum absolute atomic E-state index is 0.179. The van der Waals surface area contributed by atoms with Crippen LogP contribution >= 0.6 is 0 Å². The van der Waals surface area contributed by atoms with Crippen molar-refractivity contribution >= 4 is 0 Å². The van der Waals surface area contributed by atoms with Gasteiger partial charge in [-0.1, -0.05) is 18.2 Å². The number of nitrogens with zero attached hydrogens (tertiary/aromatic N) is 4. The molecule has 0 spiro atoms. The quantitative estimate of drug-likeness (QED) is 0.713. The molecule has 1 aliphatic carbocycles. The van der Waals surface area contributed by atoms with Gasteiger partial charge in [0.25, 0.3) is 0 Å². The van der Waals surface area contributed by atoms with E-state index in [0.29, 0.717) is 6.54 Å². The summed E-state index contributed by atoms with van der Waals surface area (Å²) < 4.78 is 13.3. The molecule has 7 heteroatoms. The van der Waals surface area contributed by atoms with Crippen LogP contribution in [-0.4, -0.2) is 26.7 Å². The van der Waals surface area contributed by atoms with Gasteiger partial charge >= 0.3 is 5.76 Å². The normalized spacial score (nSPS) is 13.4. The Morgan fingerprint density at radius 3 is 2.83 bits per heavy atom. The molecular formula is C17H18N4O3. The molecule has 124 valence electrons. The molecule has 0 N–H and O–H groups in total. The van der Waals surface area contributed by atoms with Crippen LogP contribution in [0.3, 0.4) is 0 Å². The molecule has 0 atom stereocenters. The van der Waals surface area contributed by atoms with Crippen molar-refractivity contribution in [2.24, 2.45) is 0 Å². The zero-order chi connectivity index (χ0) is 16.5.